The maximum absolute atomic E-state index is 6.30. The Morgan fingerprint density at radius 1 is 1.37 bits per heavy atom. The minimum Gasteiger partial charge on any atom is -0.497 e. The molecule has 0 fully saturated rings. The zero-order valence-electron chi connectivity index (χ0n) is 16.5. The van der Waals surface area contributed by atoms with Crippen molar-refractivity contribution < 1.29 is 4.74 Å². The zero-order chi connectivity index (χ0) is 19.6. The Labute approximate surface area is 169 Å². The molecular formula is C20H27ClN4OS. The monoisotopic (exact) mass is 406 g/mol. The Bertz CT molecular complexity index is 868. The van der Waals surface area contributed by atoms with Gasteiger partial charge in [-0.3, -0.25) is 0 Å². The van der Waals surface area contributed by atoms with Gasteiger partial charge >= 0.3 is 0 Å². The molecule has 1 aromatic carbocycles. The number of halogens is 1. The highest BCUT2D eigenvalue weighted by atomic mass is 35.5. The number of aliphatic imine (C=N–C) groups is 1. The minimum atomic E-state index is 0.222. The number of aromatic nitrogens is 1. The van der Waals surface area contributed by atoms with E-state index >= 15 is 0 Å². The highest BCUT2D eigenvalue weighted by Crippen LogP contribution is 2.31. The second-order valence-electron chi connectivity index (χ2n) is 7.98. The number of nitrogens with one attached hydrogen (secondary N) is 2. The van der Waals surface area contributed by atoms with E-state index < -0.39 is 0 Å². The lowest BCUT2D eigenvalue weighted by atomic mass is 9.87. The maximum Gasteiger partial charge on any atom is 0.189 e. The number of ether oxygens (including phenoxy) is 1. The summed E-state index contributed by atoms with van der Waals surface area (Å²) in [6.07, 6.45) is 2.90. The first-order chi connectivity index (χ1) is 12.7. The van der Waals surface area contributed by atoms with Gasteiger partial charge in [-0.15, -0.1) is 0 Å². The molecule has 0 bridgehead atoms. The molecule has 3 rings (SSSR count). The Hall–Kier alpha value is -1.63. The van der Waals surface area contributed by atoms with E-state index in [0.29, 0.717) is 17.1 Å². The Morgan fingerprint density at radius 3 is 2.85 bits per heavy atom. The lowest BCUT2D eigenvalue weighted by Gasteiger charge is -2.30. The van der Waals surface area contributed by atoms with Gasteiger partial charge in [0.05, 0.1) is 17.3 Å². The number of benzene rings is 1. The van der Waals surface area contributed by atoms with E-state index in [1.165, 1.54) is 0 Å². The van der Waals surface area contributed by atoms with E-state index in [2.05, 4.69) is 54.4 Å². The van der Waals surface area contributed by atoms with Crippen LogP contribution in [0.1, 0.15) is 34.1 Å². The topological polar surface area (TPSA) is 58.5 Å². The van der Waals surface area contributed by atoms with Crippen molar-refractivity contribution in [2.24, 2.45) is 16.3 Å². The third-order valence-corrected chi connectivity index (χ3v) is 6.05. The lowest BCUT2D eigenvalue weighted by molar-refractivity contribution is 0.280. The van der Waals surface area contributed by atoms with Crippen molar-refractivity contribution in [3.63, 3.8) is 0 Å². The standard InChI is InChI=1S/C20H27ClN4OS/c1-12(20(2,3)4)22-11-13-8-17(21)24-18(9-13)25-19-23-15-7-6-14(26-5)10-16(15)27-19/h6-7,9-10,12-13,22H,8,11H2,1-5H3,(H,23,25)/t12-,13?/m0/s1. The molecule has 0 aliphatic carbocycles. The van der Waals surface area contributed by atoms with E-state index in [0.717, 1.165) is 39.9 Å². The van der Waals surface area contributed by atoms with Gasteiger partial charge in [-0.25, -0.2) is 9.98 Å². The van der Waals surface area contributed by atoms with Crippen molar-refractivity contribution in [2.75, 3.05) is 19.0 Å². The lowest BCUT2D eigenvalue weighted by Crippen LogP contribution is -2.40. The smallest absolute Gasteiger partial charge is 0.189 e. The van der Waals surface area contributed by atoms with Gasteiger partial charge in [0.1, 0.15) is 16.7 Å². The number of thiazole rings is 1. The first-order valence-corrected chi connectivity index (χ1v) is 10.3. The van der Waals surface area contributed by atoms with E-state index in [9.17, 15) is 0 Å². The van der Waals surface area contributed by atoms with Gasteiger partial charge in [0.15, 0.2) is 5.13 Å². The van der Waals surface area contributed by atoms with Crippen LogP contribution >= 0.6 is 22.9 Å². The number of hydrogen-bond acceptors (Lipinski definition) is 6. The summed E-state index contributed by atoms with van der Waals surface area (Å²) in [5.74, 6) is 1.89. The van der Waals surface area contributed by atoms with Crippen LogP contribution in [0.25, 0.3) is 10.2 Å². The summed E-state index contributed by atoms with van der Waals surface area (Å²) in [5.41, 5.74) is 1.16. The van der Waals surface area contributed by atoms with Crippen molar-refractivity contribution in [3.8, 4) is 5.75 Å². The molecule has 2 heterocycles. The van der Waals surface area contributed by atoms with Crippen LogP contribution in [0.2, 0.25) is 0 Å². The van der Waals surface area contributed by atoms with Crippen LogP contribution in [-0.2, 0) is 0 Å². The fourth-order valence-electron chi connectivity index (χ4n) is 2.74. The average molecular weight is 407 g/mol. The summed E-state index contributed by atoms with van der Waals surface area (Å²) < 4.78 is 6.35. The van der Waals surface area contributed by atoms with Crippen LogP contribution in [0.4, 0.5) is 5.13 Å². The van der Waals surface area contributed by atoms with Crippen LogP contribution in [0.5, 0.6) is 5.75 Å². The number of methoxy groups -OCH3 is 1. The number of rotatable bonds is 6. The van der Waals surface area contributed by atoms with E-state index in [1.54, 1.807) is 18.4 Å². The molecule has 146 valence electrons. The molecule has 27 heavy (non-hydrogen) atoms. The second kappa shape index (κ2) is 8.17. The Morgan fingerprint density at radius 2 is 2.15 bits per heavy atom. The summed E-state index contributed by atoms with van der Waals surface area (Å²) in [6, 6.07) is 6.28. The highest BCUT2D eigenvalue weighted by Gasteiger charge is 2.22. The molecule has 2 N–H and O–H groups in total. The van der Waals surface area contributed by atoms with Gasteiger partial charge in [0.2, 0.25) is 0 Å². The van der Waals surface area contributed by atoms with E-state index in [-0.39, 0.29) is 5.41 Å². The Kier molecular flexibility index (Phi) is 6.08. The average Bonchev–Trinajstić information content (AvgIpc) is 2.99. The molecule has 2 atom stereocenters. The van der Waals surface area contributed by atoms with Gasteiger partial charge in [-0.2, -0.15) is 0 Å². The number of fused-ring (bicyclic) bond motifs is 1. The molecule has 0 spiro atoms. The summed E-state index contributed by atoms with van der Waals surface area (Å²) in [5, 5.41) is 8.36. The van der Waals surface area contributed by atoms with Gasteiger partial charge < -0.3 is 15.4 Å². The fraction of sp³-hybridized carbons (Fsp3) is 0.500. The summed E-state index contributed by atoms with van der Waals surface area (Å²) in [4.78, 5) is 9.08. The molecular weight excluding hydrogens is 380 g/mol. The molecule has 0 saturated heterocycles. The normalized spacial score (nSPS) is 18.8. The molecule has 0 saturated carbocycles. The zero-order valence-corrected chi connectivity index (χ0v) is 18.0. The third kappa shape index (κ3) is 5.21. The molecule has 7 heteroatoms. The van der Waals surface area contributed by atoms with E-state index in [1.807, 2.05) is 18.2 Å². The Balaban J connectivity index is 1.70. The van der Waals surface area contributed by atoms with Crippen molar-refractivity contribution in [2.45, 2.75) is 40.2 Å². The van der Waals surface area contributed by atoms with Crippen LogP contribution in [0.3, 0.4) is 0 Å². The molecule has 5 nitrogen and oxygen atoms in total. The summed E-state index contributed by atoms with van der Waals surface area (Å²) >= 11 is 7.88. The predicted molar refractivity (Wildman–Crippen MR) is 116 cm³/mol. The van der Waals surface area contributed by atoms with Gasteiger partial charge in [-0.1, -0.05) is 43.7 Å². The first kappa shape index (κ1) is 20.1. The summed E-state index contributed by atoms with van der Waals surface area (Å²) in [6.45, 7) is 9.81. The summed E-state index contributed by atoms with van der Waals surface area (Å²) in [7, 11) is 1.67. The molecule has 1 unspecified atom stereocenters. The molecule has 0 radical (unpaired) electrons. The molecule has 2 aromatic rings. The minimum absolute atomic E-state index is 0.222. The van der Waals surface area contributed by atoms with Crippen LogP contribution in [0.15, 0.2) is 35.1 Å². The van der Waals surface area contributed by atoms with Crippen LogP contribution in [0, 0.1) is 11.3 Å². The van der Waals surface area contributed by atoms with Gasteiger partial charge in [0.25, 0.3) is 0 Å². The maximum atomic E-state index is 6.30. The molecule has 1 aromatic heterocycles. The SMILES string of the molecule is COc1ccc2nc(NC3=CC(CN[C@@H](C)C(C)(C)C)CC(Cl)=N3)sc2c1. The largest absolute Gasteiger partial charge is 0.497 e. The molecule has 1 aliphatic heterocycles. The quantitative estimate of drug-likeness (QED) is 0.688. The van der Waals surface area contributed by atoms with Crippen molar-refractivity contribution in [1.29, 1.82) is 0 Å². The molecule has 1 aliphatic rings. The van der Waals surface area contributed by atoms with Crippen LogP contribution in [-0.4, -0.2) is 29.9 Å². The van der Waals surface area contributed by atoms with Crippen molar-refractivity contribution in [1.82, 2.24) is 10.3 Å². The first-order valence-electron chi connectivity index (χ1n) is 9.14. The van der Waals surface area contributed by atoms with E-state index in [4.69, 9.17) is 16.3 Å². The second-order valence-corrected chi connectivity index (χ2v) is 9.44. The number of hydrogen-bond donors (Lipinski definition) is 2. The van der Waals surface area contributed by atoms with Gasteiger partial charge in [-0.05, 0) is 42.5 Å². The molecule has 0 amide bonds. The van der Waals surface area contributed by atoms with Gasteiger partial charge in [0, 0.05) is 19.0 Å². The van der Waals surface area contributed by atoms with Crippen molar-refractivity contribution >= 4 is 43.5 Å². The van der Waals surface area contributed by atoms with Crippen LogP contribution < -0.4 is 15.4 Å². The third-order valence-electron chi connectivity index (χ3n) is 4.88. The van der Waals surface area contributed by atoms with Crippen molar-refractivity contribution in [3.05, 3.63) is 30.1 Å². The fourth-order valence-corrected chi connectivity index (χ4v) is 3.93. The predicted octanol–water partition coefficient (Wildman–Crippen LogP) is 5.24. The highest BCUT2D eigenvalue weighted by molar-refractivity contribution is 7.22. The number of nitrogens with zero attached hydrogens (tertiary/aromatic N) is 2. The number of anilines is 1.